The quantitative estimate of drug-likeness (QED) is 0.318. The maximum absolute atomic E-state index is 11.7. The van der Waals surface area contributed by atoms with Crippen LogP contribution in [0.1, 0.15) is 66.2 Å². The van der Waals surface area contributed by atoms with E-state index in [4.69, 9.17) is 28.8 Å². The van der Waals surface area contributed by atoms with Crippen molar-refractivity contribution in [2.24, 2.45) is 0 Å². The van der Waals surface area contributed by atoms with E-state index in [1.807, 2.05) is 20.8 Å². The van der Waals surface area contributed by atoms with E-state index in [1.165, 1.54) is 0 Å². The first-order valence-corrected chi connectivity index (χ1v) is 12.1. The fraction of sp³-hybridized carbons (Fsp3) is 0.913. The molecule has 192 valence electrons. The number of aldehydes is 1. The van der Waals surface area contributed by atoms with Gasteiger partial charge in [-0.3, -0.25) is 10.1 Å². The largest absolute Gasteiger partial charge is 0.481 e. The van der Waals surface area contributed by atoms with Gasteiger partial charge in [0.2, 0.25) is 0 Å². The van der Waals surface area contributed by atoms with Crippen molar-refractivity contribution >= 4 is 12.3 Å². The smallest absolute Gasteiger partial charge is 0.303 e. The maximum Gasteiger partial charge on any atom is 0.303 e. The SMILES string of the molecule is CCC1CC(C)OC(COC(CO)C(N[C@H](C=O)CCC(=O)O)C2OC(C)CC(CC)O2)O1. The van der Waals surface area contributed by atoms with Crippen molar-refractivity contribution in [3.05, 3.63) is 0 Å². The van der Waals surface area contributed by atoms with Crippen LogP contribution in [0.15, 0.2) is 0 Å². The Morgan fingerprint density at radius 2 is 1.73 bits per heavy atom. The number of carboxylic acids is 1. The summed E-state index contributed by atoms with van der Waals surface area (Å²) in [6, 6.07) is -1.47. The lowest BCUT2D eigenvalue weighted by Crippen LogP contribution is -2.59. The number of nitrogens with one attached hydrogen (secondary N) is 1. The summed E-state index contributed by atoms with van der Waals surface area (Å²) in [7, 11) is 0. The zero-order chi connectivity index (χ0) is 24.4. The second kappa shape index (κ2) is 14.3. The van der Waals surface area contributed by atoms with E-state index in [2.05, 4.69) is 12.2 Å². The fourth-order valence-corrected chi connectivity index (χ4v) is 4.24. The van der Waals surface area contributed by atoms with E-state index in [0.29, 0.717) is 6.29 Å². The topological polar surface area (TPSA) is 133 Å². The number of carbonyl (C=O) groups is 2. The Morgan fingerprint density at radius 1 is 1.09 bits per heavy atom. The predicted molar refractivity (Wildman–Crippen MR) is 119 cm³/mol. The van der Waals surface area contributed by atoms with E-state index in [0.717, 1.165) is 25.7 Å². The Hall–Kier alpha value is -1.14. The molecule has 0 aliphatic carbocycles. The van der Waals surface area contributed by atoms with Crippen LogP contribution in [0.25, 0.3) is 0 Å². The van der Waals surface area contributed by atoms with Crippen LogP contribution in [-0.4, -0.2) is 90.9 Å². The highest BCUT2D eigenvalue weighted by Gasteiger charge is 2.39. The number of ether oxygens (including phenoxy) is 5. The Kier molecular flexibility index (Phi) is 12.2. The van der Waals surface area contributed by atoms with E-state index in [-0.39, 0.29) is 50.5 Å². The highest BCUT2D eigenvalue weighted by Crippen LogP contribution is 2.26. The van der Waals surface area contributed by atoms with Gasteiger partial charge in [-0.15, -0.1) is 0 Å². The Morgan fingerprint density at radius 3 is 2.30 bits per heavy atom. The summed E-state index contributed by atoms with van der Waals surface area (Å²) >= 11 is 0. The third kappa shape index (κ3) is 9.20. The second-order valence-corrected chi connectivity index (χ2v) is 8.92. The van der Waals surface area contributed by atoms with Gasteiger partial charge in [0.25, 0.3) is 0 Å². The van der Waals surface area contributed by atoms with Gasteiger partial charge in [-0.1, -0.05) is 13.8 Å². The number of carboxylic acid groups (broad SMARTS) is 1. The van der Waals surface area contributed by atoms with E-state index in [9.17, 15) is 14.7 Å². The van der Waals surface area contributed by atoms with Crippen molar-refractivity contribution in [1.29, 1.82) is 0 Å². The summed E-state index contributed by atoms with van der Waals surface area (Å²) in [5.41, 5.74) is 0. The summed E-state index contributed by atoms with van der Waals surface area (Å²) < 4.78 is 29.8. The van der Waals surface area contributed by atoms with Crippen molar-refractivity contribution < 1.29 is 43.5 Å². The number of rotatable bonds is 14. The standard InChI is InChI=1S/C23H41NO9/c1-5-17-9-14(3)30-21(32-17)13-29-19(12-26)22(24-16(11-25)7-8-20(27)28)23-31-15(4)10-18(6-2)33-23/h11,14-19,21-24,26H,5-10,12-13H2,1-4H3,(H,27,28)/t14?,15?,16-,17?,18?,19?,21?,22?,23?/m0/s1. The fourth-order valence-electron chi connectivity index (χ4n) is 4.24. The molecular formula is C23H41NO9. The monoisotopic (exact) mass is 475 g/mol. The third-order valence-corrected chi connectivity index (χ3v) is 6.08. The lowest BCUT2D eigenvalue weighted by Gasteiger charge is -2.42. The van der Waals surface area contributed by atoms with Crippen molar-refractivity contribution in [1.82, 2.24) is 5.32 Å². The molecule has 33 heavy (non-hydrogen) atoms. The minimum Gasteiger partial charge on any atom is -0.481 e. The molecule has 0 radical (unpaired) electrons. The molecule has 2 saturated heterocycles. The van der Waals surface area contributed by atoms with Gasteiger partial charge < -0.3 is 38.7 Å². The van der Waals surface area contributed by atoms with Crippen LogP contribution in [0, 0.1) is 0 Å². The van der Waals surface area contributed by atoms with Crippen LogP contribution in [0.4, 0.5) is 0 Å². The van der Waals surface area contributed by atoms with Crippen LogP contribution in [0.5, 0.6) is 0 Å². The number of carbonyl (C=O) groups excluding carboxylic acids is 1. The average Bonchev–Trinajstić information content (AvgIpc) is 2.79. The first-order valence-electron chi connectivity index (χ1n) is 12.1. The minimum absolute atomic E-state index is 0.0328. The molecule has 2 heterocycles. The predicted octanol–water partition coefficient (Wildman–Crippen LogP) is 1.61. The van der Waals surface area contributed by atoms with Gasteiger partial charge in [0.15, 0.2) is 12.6 Å². The molecule has 2 fully saturated rings. The van der Waals surface area contributed by atoms with Gasteiger partial charge >= 0.3 is 5.97 Å². The molecule has 0 saturated carbocycles. The van der Waals surface area contributed by atoms with Crippen LogP contribution in [-0.2, 0) is 33.3 Å². The van der Waals surface area contributed by atoms with Crippen molar-refractivity contribution in [2.75, 3.05) is 13.2 Å². The van der Waals surface area contributed by atoms with Crippen LogP contribution in [0.3, 0.4) is 0 Å². The van der Waals surface area contributed by atoms with Crippen LogP contribution < -0.4 is 5.32 Å². The molecule has 2 aliphatic heterocycles. The molecule has 0 aromatic heterocycles. The number of hydrogen-bond donors (Lipinski definition) is 3. The van der Waals surface area contributed by atoms with E-state index >= 15 is 0 Å². The summed E-state index contributed by atoms with van der Waals surface area (Å²) in [6.45, 7) is 7.73. The minimum atomic E-state index is -0.994. The Bertz CT molecular complexity index is 592. The summed E-state index contributed by atoms with van der Waals surface area (Å²) in [4.78, 5) is 22.7. The molecule has 10 nitrogen and oxygen atoms in total. The average molecular weight is 476 g/mol. The molecule has 10 heteroatoms. The van der Waals surface area contributed by atoms with E-state index in [1.54, 1.807) is 0 Å². The molecular weight excluding hydrogens is 434 g/mol. The molecule has 3 N–H and O–H groups in total. The van der Waals surface area contributed by atoms with Crippen LogP contribution >= 0.6 is 0 Å². The molecule has 0 aromatic rings. The summed E-state index contributed by atoms with van der Waals surface area (Å²) in [5.74, 6) is -0.994. The van der Waals surface area contributed by atoms with Crippen molar-refractivity contribution in [3.8, 4) is 0 Å². The Labute approximate surface area is 196 Å². The van der Waals surface area contributed by atoms with Crippen molar-refractivity contribution in [3.63, 3.8) is 0 Å². The van der Waals surface area contributed by atoms with Gasteiger partial charge in [0.1, 0.15) is 12.4 Å². The van der Waals surface area contributed by atoms with Gasteiger partial charge in [0.05, 0.1) is 49.7 Å². The van der Waals surface area contributed by atoms with E-state index < -0.39 is 36.7 Å². The molecule has 0 spiro atoms. The first-order chi connectivity index (χ1) is 15.8. The van der Waals surface area contributed by atoms with Crippen LogP contribution in [0.2, 0.25) is 0 Å². The summed E-state index contributed by atoms with van der Waals surface area (Å²) in [6.07, 6.45) is 1.63. The zero-order valence-electron chi connectivity index (χ0n) is 20.2. The summed E-state index contributed by atoms with van der Waals surface area (Å²) in [5, 5.41) is 22.3. The molecule has 8 unspecified atom stereocenters. The maximum atomic E-state index is 11.7. The van der Waals surface area contributed by atoms with Gasteiger partial charge in [0, 0.05) is 6.42 Å². The number of aliphatic carboxylic acids is 1. The lowest BCUT2D eigenvalue weighted by molar-refractivity contribution is -0.279. The van der Waals surface area contributed by atoms with Crippen molar-refractivity contribution in [2.45, 2.75) is 121 Å². The molecule has 2 aliphatic rings. The highest BCUT2D eigenvalue weighted by molar-refractivity contribution is 5.68. The number of aliphatic hydroxyl groups is 1. The highest BCUT2D eigenvalue weighted by atomic mass is 16.7. The zero-order valence-corrected chi connectivity index (χ0v) is 20.2. The molecule has 2 rings (SSSR count). The number of aliphatic hydroxyl groups excluding tert-OH is 1. The molecule has 0 amide bonds. The Balaban J connectivity index is 2.12. The molecule has 0 aromatic carbocycles. The van der Waals surface area contributed by atoms with Gasteiger partial charge in [-0.05, 0) is 46.0 Å². The number of hydrogen-bond acceptors (Lipinski definition) is 9. The molecule has 0 bridgehead atoms. The second-order valence-electron chi connectivity index (χ2n) is 8.92. The lowest BCUT2D eigenvalue weighted by atomic mass is 10.0. The third-order valence-electron chi connectivity index (χ3n) is 6.08. The molecule has 9 atom stereocenters. The normalized spacial score (nSPS) is 33.2. The van der Waals surface area contributed by atoms with Gasteiger partial charge in [-0.25, -0.2) is 0 Å². The first kappa shape index (κ1) is 28.1. The van der Waals surface area contributed by atoms with Gasteiger partial charge in [-0.2, -0.15) is 0 Å².